The van der Waals surface area contributed by atoms with Crippen molar-refractivity contribution in [1.29, 1.82) is 5.26 Å². The van der Waals surface area contributed by atoms with Crippen LogP contribution in [0.1, 0.15) is 18.4 Å². The molecule has 10 heteroatoms. The summed E-state index contributed by atoms with van der Waals surface area (Å²) in [6.45, 7) is 0.262. The molecule has 2 rings (SSSR count). The molecule has 0 saturated carbocycles. The second-order valence-electron chi connectivity index (χ2n) is 5.51. The number of hydrogen-bond donors (Lipinski definition) is 2. The van der Waals surface area contributed by atoms with E-state index in [1.807, 2.05) is 0 Å². The molecular weight excluding hydrogens is 346 g/mol. The molecule has 0 unspecified atom stereocenters. The summed E-state index contributed by atoms with van der Waals surface area (Å²) in [7, 11) is 1.20. The Bertz CT molecular complexity index is 841. The van der Waals surface area contributed by atoms with Crippen molar-refractivity contribution in [3.05, 3.63) is 33.4 Å². The van der Waals surface area contributed by atoms with Crippen LogP contribution in [0.5, 0.6) is 11.5 Å². The quantitative estimate of drug-likeness (QED) is 0.202. The maximum atomic E-state index is 12.6. The fourth-order valence-corrected chi connectivity index (χ4v) is 2.70. The standard InChI is InChI=1S/C16H15N3O7/c1-26-16(23)11-3-2-4-18(11)15(22)10(8-17)5-9-6-12(19(24)25)14(21)13(20)7-9/h5-7,11,20-21H,2-4H2,1H3/b10-5+/t11-/m0/s1. The molecule has 0 aromatic heterocycles. The maximum absolute atomic E-state index is 12.6. The number of nitriles is 1. The zero-order valence-electron chi connectivity index (χ0n) is 13.7. The first-order chi connectivity index (χ1) is 12.3. The Kier molecular flexibility index (Phi) is 5.42. The molecule has 1 aliphatic rings. The Morgan fingerprint density at radius 1 is 1.46 bits per heavy atom. The number of ether oxygens (including phenoxy) is 1. The lowest BCUT2D eigenvalue weighted by molar-refractivity contribution is -0.386. The van der Waals surface area contributed by atoms with Gasteiger partial charge in [-0.3, -0.25) is 14.9 Å². The normalized spacial score (nSPS) is 16.8. The van der Waals surface area contributed by atoms with Crippen molar-refractivity contribution in [3.63, 3.8) is 0 Å². The van der Waals surface area contributed by atoms with E-state index in [1.165, 1.54) is 12.0 Å². The number of phenols is 2. The third-order valence-electron chi connectivity index (χ3n) is 3.94. The summed E-state index contributed by atoms with van der Waals surface area (Å²) in [6, 6.07) is 2.79. The predicted octanol–water partition coefficient (Wildman–Crippen LogP) is 1.08. The third-order valence-corrected chi connectivity index (χ3v) is 3.94. The van der Waals surface area contributed by atoms with E-state index in [9.17, 15) is 35.2 Å². The monoisotopic (exact) mass is 361 g/mol. The zero-order valence-corrected chi connectivity index (χ0v) is 13.7. The van der Waals surface area contributed by atoms with Crippen LogP contribution in [-0.4, -0.2) is 51.6 Å². The summed E-state index contributed by atoms with van der Waals surface area (Å²) in [5.41, 5.74) is -1.17. The number of benzene rings is 1. The molecule has 26 heavy (non-hydrogen) atoms. The first-order valence-corrected chi connectivity index (χ1v) is 7.51. The second kappa shape index (κ2) is 7.52. The van der Waals surface area contributed by atoms with E-state index in [2.05, 4.69) is 4.74 Å². The van der Waals surface area contributed by atoms with Crippen LogP contribution in [0.4, 0.5) is 5.69 Å². The van der Waals surface area contributed by atoms with Gasteiger partial charge in [-0.15, -0.1) is 0 Å². The number of phenolic OH excluding ortho intramolecular Hbond substituents is 2. The lowest BCUT2D eigenvalue weighted by atomic mass is 10.1. The van der Waals surface area contributed by atoms with Gasteiger partial charge in [0.05, 0.1) is 12.0 Å². The van der Waals surface area contributed by atoms with Crippen LogP contribution >= 0.6 is 0 Å². The number of hydrogen-bond acceptors (Lipinski definition) is 8. The number of aromatic hydroxyl groups is 2. The molecule has 10 nitrogen and oxygen atoms in total. The van der Waals surface area contributed by atoms with Crippen molar-refractivity contribution in [2.24, 2.45) is 0 Å². The zero-order chi connectivity index (χ0) is 19.4. The molecule has 1 aliphatic heterocycles. The van der Waals surface area contributed by atoms with Crippen LogP contribution in [-0.2, 0) is 14.3 Å². The van der Waals surface area contributed by atoms with Gasteiger partial charge in [0.2, 0.25) is 5.75 Å². The van der Waals surface area contributed by atoms with Gasteiger partial charge in [0, 0.05) is 12.6 Å². The van der Waals surface area contributed by atoms with Crippen molar-refractivity contribution in [3.8, 4) is 17.6 Å². The summed E-state index contributed by atoms with van der Waals surface area (Å²) in [4.78, 5) is 35.5. The van der Waals surface area contributed by atoms with E-state index in [-0.39, 0.29) is 17.7 Å². The summed E-state index contributed by atoms with van der Waals surface area (Å²) in [5.74, 6) is -2.99. The van der Waals surface area contributed by atoms with E-state index in [4.69, 9.17) is 0 Å². The van der Waals surface area contributed by atoms with Crippen molar-refractivity contribution >= 4 is 23.6 Å². The Balaban J connectivity index is 2.39. The van der Waals surface area contributed by atoms with Crippen LogP contribution in [0.2, 0.25) is 0 Å². The number of rotatable bonds is 4. The van der Waals surface area contributed by atoms with Crippen molar-refractivity contribution in [2.75, 3.05) is 13.7 Å². The van der Waals surface area contributed by atoms with Gasteiger partial charge < -0.3 is 19.8 Å². The summed E-state index contributed by atoms with van der Waals surface area (Å²) in [5, 5.41) is 39.2. The van der Waals surface area contributed by atoms with Gasteiger partial charge in [0.25, 0.3) is 5.91 Å². The Labute approximate surface area is 147 Å². The van der Waals surface area contributed by atoms with Crippen LogP contribution in [0.15, 0.2) is 17.7 Å². The molecular formula is C16H15N3O7. The van der Waals surface area contributed by atoms with Gasteiger partial charge in [-0.2, -0.15) is 5.26 Å². The number of nitro groups is 1. The van der Waals surface area contributed by atoms with Gasteiger partial charge >= 0.3 is 11.7 Å². The molecule has 0 radical (unpaired) electrons. The van der Waals surface area contributed by atoms with E-state index in [1.54, 1.807) is 6.07 Å². The van der Waals surface area contributed by atoms with Crippen LogP contribution in [0.25, 0.3) is 6.08 Å². The number of methoxy groups -OCH3 is 1. The summed E-state index contributed by atoms with van der Waals surface area (Å²) >= 11 is 0. The molecule has 1 heterocycles. The molecule has 0 bridgehead atoms. The number of likely N-dealkylation sites (tertiary alicyclic amines) is 1. The topological polar surface area (TPSA) is 154 Å². The summed E-state index contributed by atoms with van der Waals surface area (Å²) in [6.07, 6.45) is 2.01. The van der Waals surface area contributed by atoms with E-state index >= 15 is 0 Å². The van der Waals surface area contributed by atoms with E-state index in [0.29, 0.717) is 12.8 Å². The highest BCUT2D eigenvalue weighted by molar-refractivity contribution is 6.03. The molecule has 1 saturated heterocycles. The molecule has 1 fully saturated rings. The average molecular weight is 361 g/mol. The number of nitrogens with zero attached hydrogens (tertiary/aromatic N) is 3. The minimum atomic E-state index is -0.915. The number of amides is 1. The fraction of sp³-hybridized carbons (Fsp3) is 0.312. The highest BCUT2D eigenvalue weighted by atomic mass is 16.6. The minimum Gasteiger partial charge on any atom is -0.504 e. The number of carbonyl (C=O) groups is 2. The molecule has 136 valence electrons. The number of esters is 1. The minimum absolute atomic E-state index is 0.0225. The Morgan fingerprint density at radius 2 is 2.15 bits per heavy atom. The Hall–Kier alpha value is -3.61. The van der Waals surface area contributed by atoms with Gasteiger partial charge in [-0.25, -0.2) is 4.79 Å². The Morgan fingerprint density at radius 3 is 2.73 bits per heavy atom. The molecule has 1 aromatic carbocycles. The maximum Gasteiger partial charge on any atom is 0.328 e. The molecule has 1 atom stereocenters. The van der Waals surface area contributed by atoms with Crippen LogP contribution < -0.4 is 0 Å². The highest BCUT2D eigenvalue weighted by Crippen LogP contribution is 2.36. The van der Waals surface area contributed by atoms with E-state index < -0.39 is 40.0 Å². The van der Waals surface area contributed by atoms with Crippen molar-refractivity contribution in [1.82, 2.24) is 4.90 Å². The van der Waals surface area contributed by atoms with Crippen LogP contribution in [0, 0.1) is 21.4 Å². The smallest absolute Gasteiger partial charge is 0.328 e. The van der Waals surface area contributed by atoms with Crippen molar-refractivity contribution < 1.29 is 29.5 Å². The lowest BCUT2D eigenvalue weighted by Crippen LogP contribution is -2.41. The second-order valence-corrected chi connectivity index (χ2v) is 5.51. The molecule has 1 amide bonds. The third kappa shape index (κ3) is 3.56. The SMILES string of the molecule is COC(=O)[C@@H]1CCCN1C(=O)/C(C#N)=C/c1cc(O)c(O)c([N+](=O)[O-])c1. The number of nitro benzene ring substituents is 1. The predicted molar refractivity (Wildman–Crippen MR) is 86.8 cm³/mol. The van der Waals surface area contributed by atoms with Gasteiger partial charge in [0.1, 0.15) is 17.7 Å². The lowest BCUT2D eigenvalue weighted by Gasteiger charge is -2.22. The molecule has 0 aliphatic carbocycles. The highest BCUT2D eigenvalue weighted by Gasteiger charge is 2.36. The first-order valence-electron chi connectivity index (χ1n) is 7.51. The van der Waals surface area contributed by atoms with Gasteiger partial charge in [-0.05, 0) is 30.5 Å². The first kappa shape index (κ1) is 18.7. The number of carbonyl (C=O) groups excluding carboxylic acids is 2. The van der Waals surface area contributed by atoms with Gasteiger partial charge in [0.15, 0.2) is 5.75 Å². The molecule has 1 aromatic rings. The van der Waals surface area contributed by atoms with E-state index in [0.717, 1.165) is 18.2 Å². The molecule has 2 N–H and O–H groups in total. The molecule has 0 spiro atoms. The van der Waals surface area contributed by atoms with Crippen LogP contribution in [0.3, 0.4) is 0 Å². The average Bonchev–Trinajstić information content (AvgIpc) is 3.10. The fourth-order valence-electron chi connectivity index (χ4n) is 2.70. The van der Waals surface area contributed by atoms with Crippen molar-refractivity contribution in [2.45, 2.75) is 18.9 Å². The van der Waals surface area contributed by atoms with Gasteiger partial charge in [-0.1, -0.05) is 0 Å². The largest absolute Gasteiger partial charge is 0.504 e. The summed E-state index contributed by atoms with van der Waals surface area (Å²) < 4.78 is 4.65.